The van der Waals surface area contributed by atoms with Crippen LogP contribution in [0.15, 0.2) is 34.9 Å². The number of hydrogen-bond donors (Lipinski definition) is 2. The van der Waals surface area contributed by atoms with E-state index in [-0.39, 0.29) is 12.0 Å². The summed E-state index contributed by atoms with van der Waals surface area (Å²) in [5.74, 6) is -1.49. The first-order chi connectivity index (χ1) is 12.1. The summed E-state index contributed by atoms with van der Waals surface area (Å²) in [5.41, 5.74) is 1.44. The number of carbonyl (C=O) groups excluding carboxylic acids is 2. The van der Waals surface area contributed by atoms with Crippen molar-refractivity contribution < 1.29 is 29.3 Å². The predicted molar refractivity (Wildman–Crippen MR) is 93.9 cm³/mol. The zero-order valence-corrected chi connectivity index (χ0v) is 15.6. The maximum atomic E-state index is 12.3. The van der Waals surface area contributed by atoms with Gasteiger partial charge in [0.15, 0.2) is 0 Å². The molecule has 2 N–H and O–H groups in total. The van der Waals surface area contributed by atoms with Gasteiger partial charge in [0, 0.05) is 23.0 Å². The third-order valence-electron chi connectivity index (χ3n) is 6.27. The summed E-state index contributed by atoms with van der Waals surface area (Å²) in [7, 11) is 0. The third-order valence-corrected chi connectivity index (χ3v) is 6.27. The van der Waals surface area contributed by atoms with Crippen molar-refractivity contribution in [2.45, 2.75) is 65.0 Å². The monoisotopic (exact) mass is 362 g/mol. The van der Waals surface area contributed by atoms with Gasteiger partial charge in [0.05, 0.1) is 18.1 Å². The predicted octanol–water partition coefficient (Wildman–Crippen LogP) is 1.81. The molecule has 1 heterocycles. The molecule has 0 spiro atoms. The number of allylic oxidation sites excluding steroid dienone is 1. The lowest BCUT2D eigenvalue weighted by Crippen LogP contribution is -2.55. The number of fused-ring (bicyclic) bond motifs is 3. The van der Waals surface area contributed by atoms with Gasteiger partial charge in [-0.1, -0.05) is 19.6 Å². The van der Waals surface area contributed by atoms with Crippen molar-refractivity contribution >= 4 is 11.9 Å². The third kappa shape index (κ3) is 2.63. The molecule has 6 atom stereocenters. The molecule has 2 fully saturated rings. The fourth-order valence-electron chi connectivity index (χ4n) is 4.50. The average molecular weight is 362 g/mol. The second-order valence-corrected chi connectivity index (χ2v) is 7.78. The number of carbonyl (C=O) groups is 2. The lowest BCUT2D eigenvalue weighted by molar-refractivity contribution is -0.156. The first-order valence-electron chi connectivity index (χ1n) is 8.92. The molecule has 3 rings (SSSR count). The Morgan fingerprint density at radius 3 is 2.69 bits per heavy atom. The van der Waals surface area contributed by atoms with Crippen LogP contribution in [0, 0.1) is 11.3 Å². The molecule has 26 heavy (non-hydrogen) atoms. The number of ether oxygens (including phenoxy) is 2. The van der Waals surface area contributed by atoms with Crippen LogP contribution in [-0.2, 0) is 19.1 Å². The van der Waals surface area contributed by atoms with Gasteiger partial charge in [0.1, 0.15) is 12.2 Å². The normalized spacial score (nSPS) is 40.1. The Kier molecular flexibility index (Phi) is 4.61. The van der Waals surface area contributed by atoms with Gasteiger partial charge < -0.3 is 19.7 Å². The van der Waals surface area contributed by atoms with Crippen LogP contribution >= 0.6 is 0 Å². The van der Waals surface area contributed by atoms with Crippen molar-refractivity contribution in [1.82, 2.24) is 0 Å². The molecule has 3 aliphatic rings. The van der Waals surface area contributed by atoms with E-state index < -0.39 is 47.7 Å². The molecule has 1 saturated heterocycles. The first-order valence-corrected chi connectivity index (χ1v) is 8.92. The summed E-state index contributed by atoms with van der Waals surface area (Å²) >= 11 is 0. The molecule has 142 valence electrons. The Morgan fingerprint density at radius 2 is 2.08 bits per heavy atom. The molecule has 0 aromatic rings. The van der Waals surface area contributed by atoms with Crippen LogP contribution in [0.5, 0.6) is 0 Å². The quantitative estimate of drug-likeness (QED) is 0.442. The van der Waals surface area contributed by atoms with E-state index in [1.54, 1.807) is 26.8 Å². The highest BCUT2D eigenvalue weighted by molar-refractivity contribution is 5.92. The van der Waals surface area contributed by atoms with Gasteiger partial charge in [0.25, 0.3) is 0 Å². The first kappa shape index (κ1) is 18.9. The number of aliphatic hydroxyl groups is 2. The number of aliphatic hydroxyl groups excluding tert-OH is 2. The Balaban J connectivity index is 2.06. The van der Waals surface area contributed by atoms with Gasteiger partial charge in [-0.2, -0.15) is 0 Å². The Hall–Kier alpha value is -1.92. The van der Waals surface area contributed by atoms with Gasteiger partial charge in [-0.3, -0.25) is 0 Å². The Morgan fingerprint density at radius 1 is 1.42 bits per heavy atom. The molecule has 0 unspecified atom stereocenters. The standard InChI is InChI=1S/C20H26O6/c1-6-9(2)18(23)25-13-8-20(5)14(22)7-12(21)10(3)16(20)17-15(13)11(4)19(24)26-17/h6,12-15,17,21-22H,4,7-8H2,1-3,5H3/b9-6+/t12-,13-,14-,15-,17+,20+/m1/s1. The van der Waals surface area contributed by atoms with E-state index in [0.717, 1.165) is 5.57 Å². The molecule has 1 aliphatic heterocycles. The van der Waals surface area contributed by atoms with Crippen molar-refractivity contribution in [3.63, 3.8) is 0 Å². The molecule has 0 aromatic carbocycles. The zero-order valence-electron chi connectivity index (χ0n) is 15.6. The van der Waals surface area contributed by atoms with Crippen LogP contribution in [0.4, 0.5) is 0 Å². The van der Waals surface area contributed by atoms with Gasteiger partial charge >= 0.3 is 11.9 Å². The van der Waals surface area contributed by atoms with E-state index in [4.69, 9.17) is 9.47 Å². The lowest BCUT2D eigenvalue weighted by atomic mass is 9.57. The number of esters is 2. The fourth-order valence-corrected chi connectivity index (χ4v) is 4.50. The summed E-state index contributed by atoms with van der Waals surface area (Å²) in [6.45, 7) is 10.9. The summed E-state index contributed by atoms with van der Waals surface area (Å²) in [6, 6.07) is 0. The van der Waals surface area contributed by atoms with Gasteiger partial charge in [0.2, 0.25) is 0 Å². The number of hydrogen-bond acceptors (Lipinski definition) is 6. The zero-order chi connectivity index (χ0) is 19.4. The highest BCUT2D eigenvalue weighted by atomic mass is 16.6. The van der Waals surface area contributed by atoms with Crippen LogP contribution in [0.25, 0.3) is 0 Å². The second kappa shape index (κ2) is 6.35. The van der Waals surface area contributed by atoms with Crippen LogP contribution in [-0.4, -0.2) is 46.6 Å². The summed E-state index contributed by atoms with van der Waals surface area (Å²) in [5, 5.41) is 21.0. The maximum absolute atomic E-state index is 12.3. The van der Waals surface area contributed by atoms with Gasteiger partial charge in [-0.25, -0.2) is 9.59 Å². The van der Waals surface area contributed by atoms with Crippen molar-refractivity contribution in [2.24, 2.45) is 11.3 Å². The molecule has 0 amide bonds. The molecule has 2 aliphatic carbocycles. The minimum atomic E-state index is -0.825. The van der Waals surface area contributed by atoms with E-state index in [1.165, 1.54) is 0 Å². The molecule has 0 radical (unpaired) electrons. The summed E-state index contributed by atoms with van der Waals surface area (Å²) in [6.07, 6.45) is -0.717. The minimum Gasteiger partial charge on any atom is -0.458 e. The van der Waals surface area contributed by atoms with Gasteiger partial charge in [-0.15, -0.1) is 0 Å². The Labute approximate surface area is 153 Å². The smallest absolute Gasteiger partial charge is 0.334 e. The summed E-state index contributed by atoms with van der Waals surface area (Å²) < 4.78 is 11.3. The van der Waals surface area contributed by atoms with E-state index in [2.05, 4.69) is 6.58 Å². The number of rotatable bonds is 2. The van der Waals surface area contributed by atoms with Crippen molar-refractivity contribution in [3.05, 3.63) is 34.9 Å². The van der Waals surface area contributed by atoms with E-state index in [9.17, 15) is 19.8 Å². The fraction of sp³-hybridized carbons (Fsp3) is 0.600. The lowest BCUT2D eigenvalue weighted by Gasteiger charge is -2.51. The Bertz CT molecular complexity index is 733. The molecule has 1 saturated carbocycles. The molecule has 0 aromatic heterocycles. The summed E-state index contributed by atoms with van der Waals surface area (Å²) in [4.78, 5) is 24.5. The molecular weight excluding hydrogens is 336 g/mol. The topological polar surface area (TPSA) is 93.1 Å². The van der Waals surface area contributed by atoms with E-state index in [1.807, 2.05) is 6.92 Å². The van der Waals surface area contributed by atoms with Crippen LogP contribution in [0.3, 0.4) is 0 Å². The van der Waals surface area contributed by atoms with E-state index in [0.29, 0.717) is 17.6 Å². The largest absolute Gasteiger partial charge is 0.458 e. The second-order valence-electron chi connectivity index (χ2n) is 7.78. The molecule has 0 bridgehead atoms. The van der Waals surface area contributed by atoms with Crippen LogP contribution in [0.1, 0.15) is 40.5 Å². The van der Waals surface area contributed by atoms with Crippen molar-refractivity contribution in [3.8, 4) is 0 Å². The SMILES string of the molecule is C=C1C(=O)O[C@@H]2C3=C(C)[C@H](O)C[C@@H](O)[C@]3(C)C[C@@H](OC(=O)/C(C)=C/C)[C@@H]12. The highest BCUT2D eigenvalue weighted by Crippen LogP contribution is 2.56. The van der Waals surface area contributed by atoms with Crippen LogP contribution in [0.2, 0.25) is 0 Å². The molecular formula is C20H26O6. The highest BCUT2D eigenvalue weighted by Gasteiger charge is 2.60. The van der Waals surface area contributed by atoms with Crippen molar-refractivity contribution in [2.75, 3.05) is 0 Å². The molecule has 6 heteroatoms. The molecule has 6 nitrogen and oxygen atoms in total. The van der Waals surface area contributed by atoms with Crippen LogP contribution < -0.4 is 0 Å². The minimum absolute atomic E-state index is 0.201. The average Bonchev–Trinajstić information content (AvgIpc) is 2.87. The maximum Gasteiger partial charge on any atom is 0.334 e. The van der Waals surface area contributed by atoms with Crippen molar-refractivity contribution in [1.29, 1.82) is 0 Å². The van der Waals surface area contributed by atoms with Gasteiger partial charge in [-0.05, 0) is 38.3 Å². The van der Waals surface area contributed by atoms with E-state index >= 15 is 0 Å².